The van der Waals surface area contributed by atoms with Gasteiger partial charge in [0.1, 0.15) is 12.3 Å². The minimum Gasteiger partial charge on any atom is -0.491 e. The highest BCUT2D eigenvalue weighted by atomic mass is 19.1. The highest BCUT2D eigenvalue weighted by Gasteiger charge is 2.09. The van der Waals surface area contributed by atoms with Gasteiger partial charge in [-0.05, 0) is 48.5 Å². The Bertz CT molecular complexity index is 1130. The summed E-state index contributed by atoms with van der Waals surface area (Å²) in [4.78, 5) is 19.6. The van der Waals surface area contributed by atoms with E-state index in [4.69, 9.17) is 12.2 Å². The molecular weight excluding hydrogens is 401 g/mol. The van der Waals surface area contributed by atoms with Crippen LogP contribution < -0.4 is 20.7 Å². The summed E-state index contributed by atoms with van der Waals surface area (Å²) >= 11 is 0. The quantitative estimate of drug-likeness (QED) is 0.418. The largest absolute Gasteiger partial charge is 0.491 e. The Labute approximate surface area is 181 Å². The fraction of sp³-hybridized carbons (Fsp3) is 0.136. The number of carbonyl (C=O) groups is 1. The van der Waals surface area contributed by atoms with Crippen LogP contribution in [0.25, 0.3) is 0 Å². The number of hydrogen-bond acceptors (Lipinski definition) is 7. The molecule has 0 bridgehead atoms. The lowest BCUT2D eigenvalue weighted by Crippen LogP contribution is -2.07. The standard InChI is InChI=1S/C22H22FN5O3/c1-3-20(29)25-16-5-4-6-17(13-16)26-21-19(23)14-24-22(28-21)27-15-7-9-18(10-8-15)31-12-11-30-2/h3-10,13-14H,1,11-12H2,2H3,(H,25,29)(H2,24,26,27,28)/i12D2. The fourth-order valence-corrected chi connectivity index (χ4v) is 2.43. The molecule has 0 aliphatic heterocycles. The number of hydrogen-bond donors (Lipinski definition) is 3. The topological polar surface area (TPSA) is 97.4 Å². The summed E-state index contributed by atoms with van der Waals surface area (Å²) in [6.45, 7) is 1.23. The Kier molecular flexibility index (Phi) is 6.56. The third-order valence-electron chi connectivity index (χ3n) is 3.83. The first-order chi connectivity index (χ1) is 15.8. The number of amides is 1. The number of ether oxygens (including phenoxy) is 2. The number of rotatable bonds is 10. The van der Waals surface area contributed by atoms with Gasteiger partial charge in [-0.1, -0.05) is 12.6 Å². The number of aromatic nitrogens is 2. The number of halogens is 1. The molecule has 0 aliphatic carbocycles. The van der Waals surface area contributed by atoms with E-state index >= 15 is 0 Å². The third kappa shape index (κ3) is 6.51. The van der Waals surface area contributed by atoms with Crippen molar-refractivity contribution in [3.8, 4) is 5.75 Å². The molecule has 3 rings (SSSR count). The van der Waals surface area contributed by atoms with Crippen molar-refractivity contribution in [1.29, 1.82) is 0 Å². The molecule has 2 aromatic carbocycles. The van der Waals surface area contributed by atoms with Gasteiger partial charge in [0.25, 0.3) is 0 Å². The second-order valence-corrected chi connectivity index (χ2v) is 6.12. The average Bonchev–Trinajstić information content (AvgIpc) is 2.77. The van der Waals surface area contributed by atoms with E-state index < -0.39 is 12.4 Å². The minimum atomic E-state index is -1.96. The van der Waals surface area contributed by atoms with Crippen LogP contribution in [0.1, 0.15) is 2.74 Å². The Morgan fingerprint density at radius 3 is 2.71 bits per heavy atom. The molecule has 3 N–H and O–H groups in total. The van der Waals surface area contributed by atoms with Crippen molar-refractivity contribution in [2.75, 3.05) is 36.2 Å². The van der Waals surface area contributed by atoms with Gasteiger partial charge in [0.2, 0.25) is 11.9 Å². The van der Waals surface area contributed by atoms with Gasteiger partial charge in [0.15, 0.2) is 11.6 Å². The molecule has 0 atom stereocenters. The average molecular weight is 425 g/mol. The zero-order valence-electron chi connectivity index (χ0n) is 18.7. The van der Waals surface area contributed by atoms with Crippen molar-refractivity contribution in [3.05, 3.63) is 73.2 Å². The molecule has 3 aromatic rings. The molecule has 8 nitrogen and oxygen atoms in total. The summed E-state index contributed by atoms with van der Waals surface area (Å²) in [6.07, 6.45) is 2.17. The van der Waals surface area contributed by atoms with Crippen LogP contribution in [0.3, 0.4) is 0 Å². The van der Waals surface area contributed by atoms with E-state index in [0.717, 1.165) is 12.3 Å². The molecule has 31 heavy (non-hydrogen) atoms. The summed E-state index contributed by atoms with van der Waals surface area (Å²) in [5.74, 6) is -0.637. The zero-order valence-corrected chi connectivity index (χ0v) is 16.7. The van der Waals surface area contributed by atoms with E-state index in [-0.39, 0.29) is 24.3 Å². The van der Waals surface area contributed by atoms with Crippen LogP contribution in [0.5, 0.6) is 5.75 Å². The van der Waals surface area contributed by atoms with Crippen LogP contribution >= 0.6 is 0 Å². The van der Waals surface area contributed by atoms with Gasteiger partial charge in [0.05, 0.1) is 15.5 Å². The minimum absolute atomic E-state index is 0.0626. The maximum atomic E-state index is 14.3. The van der Waals surface area contributed by atoms with Gasteiger partial charge < -0.3 is 25.4 Å². The lowest BCUT2D eigenvalue weighted by molar-refractivity contribution is -0.111. The van der Waals surface area contributed by atoms with Gasteiger partial charge in [-0.25, -0.2) is 9.37 Å². The van der Waals surface area contributed by atoms with Gasteiger partial charge in [-0.2, -0.15) is 4.98 Å². The summed E-state index contributed by atoms with van der Waals surface area (Å²) in [5, 5.41) is 8.43. The van der Waals surface area contributed by atoms with Crippen LogP contribution in [-0.2, 0) is 9.53 Å². The predicted molar refractivity (Wildman–Crippen MR) is 118 cm³/mol. The molecule has 0 unspecified atom stereocenters. The van der Waals surface area contributed by atoms with Gasteiger partial charge in [0, 0.05) is 24.2 Å². The fourth-order valence-electron chi connectivity index (χ4n) is 2.43. The smallest absolute Gasteiger partial charge is 0.247 e. The van der Waals surface area contributed by atoms with E-state index in [1.807, 2.05) is 0 Å². The highest BCUT2D eigenvalue weighted by Crippen LogP contribution is 2.23. The Morgan fingerprint density at radius 2 is 1.97 bits per heavy atom. The predicted octanol–water partition coefficient (Wildman–Crippen LogP) is 4.25. The van der Waals surface area contributed by atoms with E-state index in [1.165, 1.54) is 7.11 Å². The molecule has 0 saturated carbocycles. The van der Waals surface area contributed by atoms with E-state index in [1.54, 1.807) is 48.5 Å². The number of nitrogens with zero attached hydrogens (tertiary/aromatic N) is 2. The molecular formula is C22H22FN5O3. The molecule has 1 heterocycles. The number of anilines is 5. The highest BCUT2D eigenvalue weighted by molar-refractivity contribution is 5.99. The second kappa shape index (κ2) is 10.7. The zero-order chi connectivity index (χ0) is 23.8. The molecule has 160 valence electrons. The van der Waals surface area contributed by atoms with Crippen molar-refractivity contribution in [1.82, 2.24) is 9.97 Å². The molecule has 9 heteroatoms. The van der Waals surface area contributed by atoms with Crippen molar-refractivity contribution in [3.63, 3.8) is 0 Å². The van der Waals surface area contributed by atoms with Crippen molar-refractivity contribution in [2.24, 2.45) is 0 Å². The summed E-state index contributed by atoms with van der Waals surface area (Å²) in [5.41, 5.74) is 1.60. The first kappa shape index (κ1) is 19.0. The van der Waals surface area contributed by atoms with E-state index in [2.05, 4.69) is 32.5 Å². The number of methoxy groups -OCH3 is 1. The Balaban J connectivity index is 1.70. The molecule has 0 saturated heterocycles. The second-order valence-electron chi connectivity index (χ2n) is 6.12. The molecule has 0 radical (unpaired) electrons. The maximum absolute atomic E-state index is 14.3. The molecule has 0 spiro atoms. The SMILES string of the molecule is [2H]C([2H])(COC)Oc1ccc(Nc2ncc(F)c(Nc3cccc(NC(=O)C=C)c3)n2)cc1. The lowest BCUT2D eigenvalue weighted by atomic mass is 10.2. The first-order valence-corrected chi connectivity index (χ1v) is 9.16. The summed E-state index contributed by atoms with van der Waals surface area (Å²) in [6, 6.07) is 13.1. The van der Waals surface area contributed by atoms with Crippen LogP contribution in [0, 0.1) is 5.82 Å². The Morgan fingerprint density at radius 1 is 1.19 bits per heavy atom. The summed E-state index contributed by atoms with van der Waals surface area (Å²) in [7, 11) is 1.39. The van der Waals surface area contributed by atoms with Crippen LogP contribution in [0.4, 0.5) is 33.2 Å². The van der Waals surface area contributed by atoms with E-state index in [9.17, 15) is 9.18 Å². The summed E-state index contributed by atoms with van der Waals surface area (Å²) < 4.78 is 39.7. The van der Waals surface area contributed by atoms with Gasteiger partial charge in [-0.15, -0.1) is 0 Å². The van der Waals surface area contributed by atoms with Crippen LogP contribution in [0.15, 0.2) is 67.4 Å². The maximum Gasteiger partial charge on any atom is 0.247 e. The third-order valence-corrected chi connectivity index (χ3v) is 3.83. The van der Waals surface area contributed by atoms with Gasteiger partial charge >= 0.3 is 0 Å². The first-order valence-electron chi connectivity index (χ1n) is 10.2. The van der Waals surface area contributed by atoms with Crippen molar-refractivity contribution in [2.45, 2.75) is 0 Å². The van der Waals surface area contributed by atoms with E-state index in [0.29, 0.717) is 22.8 Å². The van der Waals surface area contributed by atoms with Crippen molar-refractivity contribution < 1.29 is 21.4 Å². The molecule has 0 fully saturated rings. The number of benzene rings is 2. The number of nitrogens with one attached hydrogen (secondary N) is 3. The van der Waals surface area contributed by atoms with Gasteiger partial charge in [-0.3, -0.25) is 4.79 Å². The van der Waals surface area contributed by atoms with Crippen molar-refractivity contribution >= 4 is 34.7 Å². The molecule has 1 amide bonds. The van der Waals surface area contributed by atoms with Crippen LogP contribution in [-0.4, -0.2) is 36.2 Å². The monoisotopic (exact) mass is 425 g/mol. The lowest BCUT2D eigenvalue weighted by Gasteiger charge is -2.11. The Hall–Kier alpha value is -3.98. The normalized spacial score (nSPS) is 11.7. The van der Waals surface area contributed by atoms with Crippen LogP contribution in [0.2, 0.25) is 0 Å². The molecule has 0 aliphatic rings. The molecule has 1 aromatic heterocycles. The number of carbonyl (C=O) groups excluding carboxylic acids is 1.